The molecule has 0 N–H and O–H groups in total. The van der Waals surface area contributed by atoms with Gasteiger partial charge in [0.05, 0.1) is 11.8 Å². The first-order valence-corrected chi connectivity index (χ1v) is 9.18. The van der Waals surface area contributed by atoms with Crippen LogP contribution in [0.2, 0.25) is 0 Å². The molecule has 4 aliphatic rings. The van der Waals surface area contributed by atoms with Crippen LogP contribution in [0.3, 0.4) is 0 Å². The van der Waals surface area contributed by atoms with E-state index in [1.807, 2.05) is 0 Å². The molecule has 2 saturated heterocycles. The van der Waals surface area contributed by atoms with Gasteiger partial charge in [-0.3, -0.25) is 29.0 Å². The van der Waals surface area contributed by atoms with Crippen molar-refractivity contribution in [1.29, 1.82) is 0 Å². The highest BCUT2D eigenvalue weighted by molar-refractivity contribution is 6.10. The molecule has 2 aliphatic carbocycles. The van der Waals surface area contributed by atoms with Gasteiger partial charge in [-0.1, -0.05) is 6.42 Å². The third-order valence-corrected chi connectivity index (χ3v) is 6.66. The van der Waals surface area contributed by atoms with Crippen LogP contribution in [0.5, 0.6) is 0 Å². The molecule has 4 rings (SSSR count). The molecule has 24 heavy (non-hydrogen) atoms. The van der Waals surface area contributed by atoms with Crippen LogP contribution in [-0.2, 0) is 19.2 Å². The summed E-state index contributed by atoms with van der Waals surface area (Å²) in [6.07, 6.45) is 5.02. The average molecular weight is 332 g/mol. The summed E-state index contributed by atoms with van der Waals surface area (Å²) in [4.78, 5) is 52.0. The smallest absolute Gasteiger partial charge is 0.233 e. The van der Waals surface area contributed by atoms with Crippen molar-refractivity contribution in [2.45, 2.75) is 45.4 Å². The van der Waals surface area contributed by atoms with Gasteiger partial charge in [0.15, 0.2) is 0 Å². The minimum Gasteiger partial charge on any atom is -0.283 e. The molecule has 0 aromatic carbocycles. The number of fused-ring (bicyclic) bond motifs is 2. The monoisotopic (exact) mass is 332 g/mol. The normalized spacial score (nSPS) is 39.0. The van der Waals surface area contributed by atoms with E-state index in [2.05, 4.69) is 0 Å². The van der Waals surface area contributed by atoms with Gasteiger partial charge in [0.25, 0.3) is 0 Å². The van der Waals surface area contributed by atoms with Crippen LogP contribution in [0, 0.1) is 29.6 Å². The number of rotatable bonds is 4. The highest BCUT2D eigenvalue weighted by Gasteiger charge is 2.52. The Morgan fingerprint density at radius 2 is 1.50 bits per heavy atom. The molecule has 2 bridgehead atoms. The number of carbonyl (C=O) groups is 4. The molecular formula is C18H24N2O4. The van der Waals surface area contributed by atoms with Gasteiger partial charge in [-0.15, -0.1) is 0 Å². The largest absolute Gasteiger partial charge is 0.283 e. The number of hydrogen-bond acceptors (Lipinski definition) is 4. The number of nitrogens with zero attached hydrogens (tertiary/aromatic N) is 2. The number of likely N-dealkylation sites (tertiary alicyclic amines) is 2. The van der Waals surface area contributed by atoms with E-state index in [0.29, 0.717) is 24.9 Å². The predicted octanol–water partition coefficient (Wildman–Crippen LogP) is 1.19. The molecule has 2 saturated carbocycles. The van der Waals surface area contributed by atoms with Crippen LogP contribution in [0.15, 0.2) is 0 Å². The zero-order chi connectivity index (χ0) is 17.0. The molecule has 4 fully saturated rings. The fraction of sp³-hybridized carbons (Fsp3) is 0.778. The van der Waals surface area contributed by atoms with Crippen LogP contribution in [-0.4, -0.2) is 46.5 Å². The van der Waals surface area contributed by atoms with Crippen LogP contribution in [0.1, 0.15) is 45.4 Å². The van der Waals surface area contributed by atoms with Crippen molar-refractivity contribution in [3.05, 3.63) is 0 Å². The van der Waals surface area contributed by atoms with Gasteiger partial charge in [-0.25, -0.2) is 0 Å². The van der Waals surface area contributed by atoms with Crippen molar-refractivity contribution in [3.8, 4) is 0 Å². The maximum absolute atomic E-state index is 12.8. The van der Waals surface area contributed by atoms with Crippen molar-refractivity contribution < 1.29 is 19.2 Å². The third-order valence-electron chi connectivity index (χ3n) is 6.66. The summed E-state index contributed by atoms with van der Waals surface area (Å²) in [5, 5.41) is 0. The average Bonchev–Trinajstić information content (AvgIpc) is 3.28. The van der Waals surface area contributed by atoms with Gasteiger partial charge in [-0.2, -0.15) is 0 Å². The molecule has 5 unspecified atom stereocenters. The van der Waals surface area contributed by atoms with E-state index in [4.69, 9.17) is 0 Å². The van der Waals surface area contributed by atoms with Gasteiger partial charge in [0.2, 0.25) is 23.6 Å². The van der Waals surface area contributed by atoms with Crippen LogP contribution in [0.25, 0.3) is 0 Å². The summed E-state index contributed by atoms with van der Waals surface area (Å²) in [6, 6.07) is 0. The summed E-state index contributed by atoms with van der Waals surface area (Å²) in [5.74, 6) is -0.313. The molecular weight excluding hydrogens is 308 g/mol. The van der Waals surface area contributed by atoms with Gasteiger partial charge in [-0.05, 0) is 43.9 Å². The first kappa shape index (κ1) is 15.8. The molecule has 0 aromatic heterocycles. The molecule has 5 atom stereocenters. The van der Waals surface area contributed by atoms with E-state index < -0.39 is 11.8 Å². The maximum Gasteiger partial charge on any atom is 0.233 e. The lowest BCUT2D eigenvalue weighted by Crippen LogP contribution is -2.39. The molecule has 4 amide bonds. The number of amides is 4. The Morgan fingerprint density at radius 3 is 2.00 bits per heavy atom. The van der Waals surface area contributed by atoms with Crippen LogP contribution in [0.4, 0.5) is 0 Å². The Balaban J connectivity index is 1.46. The molecule has 130 valence electrons. The number of imide groups is 2. The summed E-state index contributed by atoms with van der Waals surface area (Å²) in [6.45, 7) is 2.60. The highest BCUT2D eigenvalue weighted by atomic mass is 16.2. The zero-order valence-corrected chi connectivity index (χ0v) is 14.1. The molecule has 0 aromatic rings. The minimum atomic E-state index is -0.640. The molecule has 2 aliphatic heterocycles. The van der Waals surface area contributed by atoms with Crippen molar-refractivity contribution >= 4 is 23.6 Å². The van der Waals surface area contributed by atoms with Crippen LogP contribution >= 0.6 is 0 Å². The van der Waals surface area contributed by atoms with Crippen molar-refractivity contribution in [2.75, 3.05) is 13.1 Å². The fourth-order valence-electron chi connectivity index (χ4n) is 5.40. The van der Waals surface area contributed by atoms with E-state index in [-0.39, 0.29) is 36.5 Å². The van der Waals surface area contributed by atoms with Crippen LogP contribution < -0.4 is 0 Å². The fourth-order valence-corrected chi connectivity index (χ4v) is 5.40. The Morgan fingerprint density at radius 1 is 0.875 bits per heavy atom. The first-order chi connectivity index (χ1) is 11.5. The summed E-state index contributed by atoms with van der Waals surface area (Å²) in [5.41, 5.74) is 0. The van der Waals surface area contributed by atoms with Gasteiger partial charge in [0.1, 0.15) is 0 Å². The van der Waals surface area contributed by atoms with E-state index in [0.717, 1.165) is 12.3 Å². The maximum atomic E-state index is 12.8. The first-order valence-electron chi connectivity index (χ1n) is 9.18. The van der Waals surface area contributed by atoms with E-state index in [1.54, 1.807) is 6.92 Å². The summed E-state index contributed by atoms with van der Waals surface area (Å²) in [7, 11) is 0. The lowest BCUT2D eigenvalue weighted by molar-refractivity contribution is -0.144. The standard InChI is InChI=1S/C18H24N2O4/c1-2-19-15(21)7-13(17(19)23)14-8-16(22)20(18(14)24)9-12-6-10-3-4-11(12)5-10/h10-14H,2-9H2,1H3. The quantitative estimate of drug-likeness (QED) is 0.725. The van der Waals surface area contributed by atoms with E-state index in [1.165, 1.54) is 29.1 Å². The lowest BCUT2D eigenvalue weighted by atomic mass is 9.88. The van der Waals surface area contributed by atoms with E-state index in [9.17, 15) is 19.2 Å². The second kappa shape index (κ2) is 5.67. The minimum absolute atomic E-state index is 0.0678. The second-order valence-corrected chi connectivity index (χ2v) is 7.87. The zero-order valence-electron chi connectivity index (χ0n) is 14.1. The Bertz CT molecular complexity index is 616. The summed E-state index contributed by atoms with van der Waals surface area (Å²) < 4.78 is 0. The van der Waals surface area contributed by atoms with Crippen molar-refractivity contribution in [2.24, 2.45) is 29.6 Å². The molecule has 6 heteroatoms. The third kappa shape index (κ3) is 2.30. The molecule has 0 spiro atoms. The topological polar surface area (TPSA) is 74.8 Å². The molecule has 2 heterocycles. The second-order valence-electron chi connectivity index (χ2n) is 7.87. The van der Waals surface area contributed by atoms with Crippen molar-refractivity contribution in [3.63, 3.8) is 0 Å². The highest BCUT2D eigenvalue weighted by Crippen LogP contribution is 2.49. The Kier molecular flexibility index (Phi) is 3.73. The van der Waals surface area contributed by atoms with Crippen molar-refractivity contribution in [1.82, 2.24) is 9.80 Å². The molecule has 6 nitrogen and oxygen atoms in total. The molecule has 0 radical (unpaired) electrons. The predicted molar refractivity (Wildman–Crippen MR) is 84.3 cm³/mol. The van der Waals surface area contributed by atoms with Gasteiger partial charge >= 0.3 is 0 Å². The van der Waals surface area contributed by atoms with Gasteiger partial charge in [0, 0.05) is 25.9 Å². The van der Waals surface area contributed by atoms with Gasteiger partial charge < -0.3 is 0 Å². The lowest BCUT2D eigenvalue weighted by Gasteiger charge is -2.26. The number of hydrogen-bond donors (Lipinski definition) is 0. The SMILES string of the molecule is CCN1C(=O)CC(C2CC(=O)N(CC3CC4CCC3C4)C2=O)C1=O. The Hall–Kier alpha value is -1.72. The van der Waals surface area contributed by atoms with E-state index >= 15 is 0 Å². The number of carbonyl (C=O) groups excluding carboxylic acids is 4. The summed E-state index contributed by atoms with van der Waals surface area (Å²) >= 11 is 0. The Labute approximate surface area is 141 Å².